The van der Waals surface area contributed by atoms with Crippen molar-refractivity contribution < 1.29 is 24.8 Å². The van der Waals surface area contributed by atoms with Gasteiger partial charge in [-0.05, 0) is 23.8 Å². The number of benzene rings is 2. The van der Waals surface area contributed by atoms with Crippen LogP contribution < -0.4 is 5.32 Å². The fourth-order valence-corrected chi connectivity index (χ4v) is 2.64. The number of ether oxygens (including phenoxy) is 1. The van der Waals surface area contributed by atoms with Gasteiger partial charge in [0.2, 0.25) is 0 Å². The molecule has 0 heterocycles. The van der Waals surface area contributed by atoms with Crippen molar-refractivity contribution in [2.24, 2.45) is 0 Å². The van der Waals surface area contributed by atoms with E-state index in [0.717, 1.165) is 5.56 Å². The number of esters is 1. The highest BCUT2D eigenvalue weighted by molar-refractivity contribution is 6.39. The van der Waals surface area contributed by atoms with Crippen LogP contribution in [0.1, 0.15) is 12.0 Å². The number of anilines is 2. The van der Waals surface area contributed by atoms with Crippen molar-refractivity contribution in [2.45, 2.75) is 12.8 Å². The molecule has 2 aromatic carbocycles. The summed E-state index contributed by atoms with van der Waals surface area (Å²) in [5.41, 5.74) is 1.98. The van der Waals surface area contributed by atoms with Crippen molar-refractivity contribution in [3.63, 3.8) is 0 Å². The van der Waals surface area contributed by atoms with Gasteiger partial charge in [-0.3, -0.25) is 20.0 Å². The van der Waals surface area contributed by atoms with E-state index in [9.17, 15) is 4.79 Å². The third-order valence-electron chi connectivity index (χ3n) is 3.33. The smallest absolute Gasteiger partial charge is 0.310 e. The number of para-hydroxylation sites is 2. The second-order valence-corrected chi connectivity index (χ2v) is 6.03. The first kappa shape index (κ1) is 20.4. The molecule has 2 rings (SSSR count). The molecule has 0 aliphatic heterocycles. The molecule has 7 nitrogen and oxygen atoms in total. The van der Waals surface area contributed by atoms with E-state index in [0.29, 0.717) is 27.8 Å². The van der Waals surface area contributed by atoms with E-state index in [1.165, 1.54) is 0 Å². The molecule has 0 saturated carbocycles. The molecule has 0 spiro atoms. The average Bonchev–Trinajstić information content (AvgIpc) is 2.59. The van der Waals surface area contributed by atoms with Crippen LogP contribution in [0.3, 0.4) is 0 Å². The van der Waals surface area contributed by atoms with Gasteiger partial charge in [0.1, 0.15) is 0 Å². The fraction of sp³-hybridized carbons (Fsp3) is 0.235. The Balaban J connectivity index is 1.95. The minimum Gasteiger partial charge on any atom is -0.465 e. The molecule has 0 aliphatic rings. The molecule has 0 fully saturated rings. The number of carbonyl (C=O) groups excluding carboxylic acids is 1. The maximum atomic E-state index is 12.0. The Hall–Kier alpha value is -1.87. The Kier molecular flexibility index (Phi) is 8.11. The summed E-state index contributed by atoms with van der Waals surface area (Å²) >= 11 is 12.3. The van der Waals surface area contributed by atoms with Crippen LogP contribution in [0.5, 0.6) is 0 Å². The molecule has 140 valence electrons. The standard InChI is InChI=1S/C17H18Cl2N2O5/c18-13-6-3-7-14(19)17(13)20-15-8-2-1-5-12(15)11-16(22)25-9-4-10-26-21(23)24/h1-3,5-8,20,23-24H,4,9-11H2. The number of nitrogens with one attached hydrogen (secondary N) is 1. The number of hydrogen-bond acceptors (Lipinski definition) is 7. The van der Waals surface area contributed by atoms with Gasteiger partial charge in [0, 0.05) is 12.1 Å². The van der Waals surface area contributed by atoms with E-state index in [4.69, 9.17) is 38.4 Å². The summed E-state index contributed by atoms with van der Waals surface area (Å²) in [4.78, 5) is 16.4. The largest absolute Gasteiger partial charge is 0.465 e. The molecule has 0 aromatic heterocycles. The topological polar surface area (TPSA) is 91.3 Å². The lowest BCUT2D eigenvalue weighted by molar-refractivity contribution is -0.492. The summed E-state index contributed by atoms with van der Waals surface area (Å²) < 4.78 is 5.10. The lowest BCUT2D eigenvalue weighted by Gasteiger charge is -2.14. The van der Waals surface area contributed by atoms with Crippen molar-refractivity contribution in [1.82, 2.24) is 5.39 Å². The van der Waals surface area contributed by atoms with E-state index < -0.39 is 5.97 Å². The minimum atomic E-state index is -0.422. The Morgan fingerprint density at radius 2 is 1.73 bits per heavy atom. The lowest BCUT2D eigenvalue weighted by Crippen LogP contribution is -2.17. The Morgan fingerprint density at radius 1 is 1.04 bits per heavy atom. The predicted molar refractivity (Wildman–Crippen MR) is 96.8 cm³/mol. The van der Waals surface area contributed by atoms with Gasteiger partial charge in [-0.2, -0.15) is 0 Å². The zero-order chi connectivity index (χ0) is 18.9. The van der Waals surface area contributed by atoms with E-state index >= 15 is 0 Å². The second kappa shape index (κ2) is 10.3. The Labute approximate surface area is 160 Å². The zero-order valence-corrected chi connectivity index (χ0v) is 15.2. The van der Waals surface area contributed by atoms with Crippen LogP contribution in [0.15, 0.2) is 42.5 Å². The molecule has 0 amide bonds. The highest BCUT2D eigenvalue weighted by Crippen LogP contribution is 2.33. The molecule has 0 atom stereocenters. The van der Waals surface area contributed by atoms with Gasteiger partial charge in [0.25, 0.3) is 0 Å². The second-order valence-electron chi connectivity index (χ2n) is 5.22. The van der Waals surface area contributed by atoms with E-state index in [-0.39, 0.29) is 25.0 Å². The number of nitrogens with zero attached hydrogens (tertiary/aromatic N) is 1. The van der Waals surface area contributed by atoms with Crippen molar-refractivity contribution in [3.8, 4) is 0 Å². The van der Waals surface area contributed by atoms with E-state index in [2.05, 4.69) is 10.2 Å². The van der Waals surface area contributed by atoms with Gasteiger partial charge >= 0.3 is 5.97 Å². The first-order chi connectivity index (χ1) is 12.5. The first-order valence-corrected chi connectivity index (χ1v) is 8.48. The Bertz CT molecular complexity index is 723. The quantitative estimate of drug-likeness (QED) is 0.329. The van der Waals surface area contributed by atoms with Crippen molar-refractivity contribution in [2.75, 3.05) is 18.5 Å². The minimum absolute atomic E-state index is 0.00340. The van der Waals surface area contributed by atoms with Crippen LogP contribution in [0.25, 0.3) is 0 Å². The number of hydrogen-bond donors (Lipinski definition) is 3. The molecule has 0 bridgehead atoms. The summed E-state index contributed by atoms with van der Waals surface area (Å²) in [7, 11) is 0. The van der Waals surface area contributed by atoms with Crippen molar-refractivity contribution in [1.29, 1.82) is 0 Å². The highest BCUT2D eigenvalue weighted by Gasteiger charge is 2.12. The van der Waals surface area contributed by atoms with Crippen LogP contribution in [-0.2, 0) is 20.8 Å². The third kappa shape index (κ3) is 6.45. The molecule has 3 N–H and O–H groups in total. The van der Waals surface area contributed by atoms with Crippen molar-refractivity contribution in [3.05, 3.63) is 58.1 Å². The SMILES string of the molecule is O=C(Cc1ccccc1Nc1c(Cl)cccc1Cl)OCCCON(O)O. The van der Waals surface area contributed by atoms with E-state index in [1.807, 2.05) is 18.2 Å². The van der Waals surface area contributed by atoms with Crippen molar-refractivity contribution >= 4 is 40.5 Å². The molecule has 9 heteroatoms. The average molecular weight is 401 g/mol. The summed E-state index contributed by atoms with van der Waals surface area (Å²) in [5, 5.41) is 20.5. The zero-order valence-electron chi connectivity index (χ0n) is 13.7. The van der Waals surface area contributed by atoms with Crippen LogP contribution in [-0.4, -0.2) is 35.0 Å². The van der Waals surface area contributed by atoms with Gasteiger partial charge in [-0.15, -0.1) is 0 Å². The predicted octanol–water partition coefficient (Wildman–Crippen LogP) is 4.22. The van der Waals surface area contributed by atoms with E-state index in [1.54, 1.807) is 24.3 Å². The van der Waals surface area contributed by atoms with Gasteiger partial charge in [0.05, 0.1) is 40.8 Å². The normalized spacial score (nSPS) is 10.8. The number of rotatable bonds is 9. The summed E-state index contributed by atoms with van der Waals surface area (Å²) in [6.45, 7) is 0.0992. The summed E-state index contributed by atoms with van der Waals surface area (Å²) in [6, 6.07) is 12.4. The monoisotopic (exact) mass is 400 g/mol. The lowest BCUT2D eigenvalue weighted by atomic mass is 10.1. The summed E-state index contributed by atoms with van der Waals surface area (Å²) in [6.07, 6.45) is 0.372. The molecule has 2 aromatic rings. The van der Waals surface area contributed by atoms with Gasteiger partial charge in [-0.1, -0.05) is 47.5 Å². The van der Waals surface area contributed by atoms with Crippen LogP contribution in [0.2, 0.25) is 10.0 Å². The molecule has 0 unspecified atom stereocenters. The maximum absolute atomic E-state index is 12.0. The van der Waals surface area contributed by atoms with Crippen LogP contribution in [0.4, 0.5) is 11.4 Å². The molecule has 0 saturated heterocycles. The molecule has 0 aliphatic carbocycles. The number of carbonyl (C=O) groups is 1. The molecule has 26 heavy (non-hydrogen) atoms. The first-order valence-electron chi connectivity index (χ1n) is 7.72. The van der Waals surface area contributed by atoms with Gasteiger partial charge < -0.3 is 10.1 Å². The maximum Gasteiger partial charge on any atom is 0.310 e. The number of halogens is 2. The van der Waals surface area contributed by atoms with Crippen LogP contribution >= 0.6 is 23.2 Å². The third-order valence-corrected chi connectivity index (χ3v) is 3.96. The summed E-state index contributed by atoms with van der Waals surface area (Å²) in [5.74, 6) is -0.422. The Morgan fingerprint density at radius 3 is 2.42 bits per heavy atom. The van der Waals surface area contributed by atoms with Gasteiger partial charge in [-0.25, -0.2) is 0 Å². The van der Waals surface area contributed by atoms with Crippen LogP contribution in [0, 0.1) is 0 Å². The fourth-order valence-electron chi connectivity index (χ4n) is 2.15. The molecule has 0 radical (unpaired) electrons. The molecular formula is C17H18Cl2N2O5. The highest BCUT2D eigenvalue weighted by atomic mass is 35.5. The van der Waals surface area contributed by atoms with Gasteiger partial charge in [0.15, 0.2) is 0 Å². The molecular weight excluding hydrogens is 383 g/mol.